The van der Waals surface area contributed by atoms with Crippen LogP contribution in [0.3, 0.4) is 0 Å². The van der Waals surface area contributed by atoms with Crippen molar-refractivity contribution < 1.29 is 45.8 Å². The zero-order valence-electron chi connectivity index (χ0n) is 21.0. The number of piperidine rings is 1. The summed E-state index contributed by atoms with van der Waals surface area (Å²) < 4.78 is 86.1. The van der Waals surface area contributed by atoms with Crippen LogP contribution in [0.5, 0.6) is 0 Å². The molecule has 1 spiro atoms. The summed E-state index contributed by atoms with van der Waals surface area (Å²) in [4.78, 5) is 26.7. The van der Waals surface area contributed by atoms with Crippen molar-refractivity contribution in [2.24, 2.45) is 0 Å². The molecule has 6 nitrogen and oxygen atoms in total. The standard InChI is InChI=1S/C27H28F6N2O4/c1-17(18-11-20(26(28,29)30)13-21(12-18)27(31,32)33)39-16-24(19-5-3-2-4-6-19)7-8-25(15-34-24)22(37)14-23(38)35(25)9-10-36/h2-6,11-13,17,34,36H,7-10,14-16H2,1H3/t17-,24-,25?/m1/s1. The number of ketones is 1. The quantitative estimate of drug-likeness (QED) is 0.383. The van der Waals surface area contributed by atoms with Crippen LogP contribution in [0.1, 0.15) is 54.5 Å². The van der Waals surface area contributed by atoms with E-state index in [1.54, 1.807) is 30.3 Å². The summed E-state index contributed by atoms with van der Waals surface area (Å²) in [6, 6.07) is 10.3. The van der Waals surface area contributed by atoms with Gasteiger partial charge in [-0.25, -0.2) is 0 Å². The van der Waals surface area contributed by atoms with Gasteiger partial charge in [-0.1, -0.05) is 30.3 Å². The van der Waals surface area contributed by atoms with Crippen molar-refractivity contribution >= 4 is 11.7 Å². The van der Waals surface area contributed by atoms with E-state index in [1.165, 1.54) is 11.8 Å². The molecule has 2 N–H and O–H groups in total. The molecular formula is C27H28F6N2O4. The van der Waals surface area contributed by atoms with Crippen LogP contribution in [-0.4, -0.2) is 53.5 Å². The van der Waals surface area contributed by atoms with Gasteiger partial charge in [0.2, 0.25) is 5.91 Å². The number of Topliss-reactive ketones (excluding diaryl/α,β-unsaturated/α-hetero) is 1. The Hall–Kier alpha value is -2.96. The van der Waals surface area contributed by atoms with E-state index < -0.39 is 40.7 Å². The second-order valence-electron chi connectivity index (χ2n) is 9.99. The lowest BCUT2D eigenvalue weighted by atomic mass is 9.75. The number of alkyl halides is 6. The first kappa shape index (κ1) is 29.0. The molecule has 0 saturated carbocycles. The summed E-state index contributed by atoms with van der Waals surface area (Å²) in [5, 5.41) is 12.7. The number of ether oxygens (including phenoxy) is 1. The molecular weight excluding hydrogens is 530 g/mol. The highest BCUT2D eigenvalue weighted by Crippen LogP contribution is 2.42. The maximum Gasteiger partial charge on any atom is 0.416 e. The highest BCUT2D eigenvalue weighted by atomic mass is 19.4. The monoisotopic (exact) mass is 558 g/mol. The van der Waals surface area contributed by atoms with Crippen LogP contribution in [0.25, 0.3) is 0 Å². The average Bonchev–Trinajstić information content (AvgIpc) is 3.11. The zero-order chi connectivity index (χ0) is 28.6. The molecule has 212 valence electrons. The number of β-amino-alcohol motifs (C(OH)–C–C–N with tert-alkyl or cyclic N) is 1. The van der Waals surface area contributed by atoms with Crippen molar-refractivity contribution in [1.29, 1.82) is 0 Å². The van der Waals surface area contributed by atoms with Gasteiger partial charge in [-0.2, -0.15) is 26.3 Å². The molecule has 2 heterocycles. The lowest BCUT2D eigenvalue weighted by molar-refractivity contribution is -0.143. The van der Waals surface area contributed by atoms with Crippen LogP contribution in [0, 0.1) is 0 Å². The lowest BCUT2D eigenvalue weighted by Gasteiger charge is -2.48. The van der Waals surface area contributed by atoms with E-state index in [-0.39, 0.29) is 68.9 Å². The number of amides is 1. The van der Waals surface area contributed by atoms with E-state index in [4.69, 9.17) is 4.74 Å². The van der Waals surface area contributed by atoms with Crippen molar-refractivity contribution in [1.82, 2.24) is 10.2 Å². The van der Waals surface area contributed by atoms with Crippen molar-refractivity contribution in [3.63, 3.8) is 0 Å². The molecule has 2 aliphatic rings. The number of nitrogens with one attached hydrogen (secondary N) is 1. The molecule has 3 atom stereocenters. The van der Waals surface area contributed by atoms with Crippen LogP contribution in [0.2, 0.25) is 0 Å². The number of aliphatic hydroxyl groups is 1. The van der Waals surface area contributed by atoms with E-state index in [1.807, 2.05) is 0 Å². The summed E-state index contributed by atoms with van der Waals surface area (Å²) in [5.74, 6) is -0.647. The second-order valence-corrected chi connectivity index (χ2v) is 9.99. The topological polar surface area (TPSA) is 78.9 Å². The van der Waals surface area contributed by atoms with E-state index in [0.717, 1.165) is 5.56 Å². The summed E-state index contributed by atoms with van der Waals surface area (Å²) in [5.41, 5.74) is -4.47. The fourth-order valence-corrected chi connectivity index (χ4v) is 5.39. The summed E-state index contributed by atoms with van der Waals surface area (Å²) in [6.45, 7) is 0.970. The largest absolute Gasteiger partial charge is 0.416 e. The van der Waals surface area contributed by atoms with Crippen molar-refractivity contribution in [2.75, 3.05) is 26.3 Å². The van der Waals surface area contributed by atoms with E-state index in [0.29, 0.717) is 12.1 Å². The number of likely N-dealkylation sites (tertiary alicyclic amines) is 1. The molecule has 4 rings (SSSR count). The van der Waals surface area contributed by atoms with Crippen LogP contribution in [-0.2, 0) is 32.2 Å². The van der Waals surface area contributed by atoms with E-state index >= 15 is 0 Å². The smallest absolute Gasteiger partial charge is 0.395 e. The number of carbonyl (C=O) groups excluding carboxylic acids is 2. The second kappa shape index (κ2) is 10.5. The van der Waals surface area contributed by atoms with Gasteiger partial charge in [-0.3, -0.25) is 9.59 Å². The summed E-state index contributed by atoms with van der Waals surface area (Å²) in [7, 11) is 0. The molecule has 2 saturated heterocycles. The molecule has 12 heteroatoms. The molecule has 2 aliphatic heterocycles. The summed E-state index contributed by atoms with van der Waals surface area (Å²) >= 11 is 0. The van der Waals surface area contributed by atoms with Crippen LogP contribution in [0.4, 0.5) is 26.3 Å². The molecule has 0 bridgehead atoms. The van der Waals surface area contributed by atoms with Gasteiger partial charge < -0.3 is 20.1 Å². The third kappa shape index (κ3) is 5.68. The Morgan fingerprint density at radius 3 is 2.13 bits per heavy atom. The van der Waals surface area contributed by atoms with Gasteiger partial charge in [0.1, 0.15) is 5.54 Å². The minimum atomic E-state index is -4.98. The minimum absolute atomic E-state index is 0.00475. The fourth-order valence-electron chi connectivity index (χ4n) is 5.39. The first-order chi connectivity index (χ1) is 18.2. The first-order valence-electron chi connectivity index (χ1n) is 12.4. The van der Waals surface area contributed by atoms with Crippen LogP contribution >= 0.6 is 0 Å². The van der Waals surface area contributed by atoms with Gasteiger partial charge in [0.25, 0.3) is 0 Å². The Morgan fingerprint density at radius 2 is 1.62 bits per heavy atom. The van der Waals surface area contributed by atoms with Gasteiger partial charge in [-0.15, -0.1) is 0 Å². The van der Waals surface area contributed by atoms with Crippen LogP contribution in [0.15, 0.2) is 48.5 Å². The highest BCUT2D eigenvalue weighted by molar-refractivity contribution is 6.10. The van der Waals surface area contributed by atoms with Crippen molar-refractivity contribution in [3.8, 4) is 0 Å². The molecule has 2 fully saturated rings. The highest BCUT2D eigenvalue weighted by Gasteiger charge is 2.56. The van der Waals surface area contributed by atoms with Crippen molar-refractivity contribution in [2.45, 2.75) is 55.7 Å². The van der Waals surface area contributed by atoms with E-state index in [9.17, 15) is 41.0 Å². The normalized spacial score (nSPS) is 25.0. The number of nitrogens with zero attached hydrogens (tertiary/aromatic N) is 1. The average molecular weight is 559 g/mol. The number of hydrogen-bond donors (Lipinski definition) is 2. The molecule has 1 amide bonds. The zero-order valence-corrected chi connectivity index (χ0v) is 21.0. The SMILES string of the molecule is C[C@@H](OC[C@@]1(c2ccccc2)CCC2(CN1)C(=O)CC(=O)N2CCO)c1cc(C(F)(F)F)cc(C(F)(F)F)c1. The number of carbonyl (C=O) groups is 2. The van der Waals surface area contributed by atoms with Crippen LogP contribution < -0.4 is 5.32 Å². The number of aliphatic hydroxyl groups excluding tert-OH is 1. The van der Waals surface area contributed by atoms with Gasteiger partial charge in [0.15, 0.2) is 5.78 Å². The molecule has 39 heavy (non-hydrogen) atoms. The Morgan fingerprint density at radius 1 is 1.00 bits per heavy atom. The van der Waals surface area contributed by atoms with E-state index in [2.05, 4.69) is 5.32 Å². The molecule has 1 unspecified atom stereocenters. The maximum absolute atomic E-state index is 13.4. The lowest BCUT2D eigenvalue weighted by Crippen LogP contribution is -2.65. The van der Waals surface area contributed by atoms with Crippen molar-refractivity contribution in [3.05, 3.63) is 70.8 Å². The van der Waals surface area contributed by atoms with Gasteiger partial charge in [0, 0.05) is 13.1 Å². The predicted molar refractivity (Wildman–Crippen MR) is 127 cm³/mol. The molecule has 0 radical (unpaired) electrons. The summed E-state index contributed by atoms with van der Waals surface area (Å²) in [6.07, 6.45) is -10.9. The fraction of sp³-hybridized carbons (Fsp3) is 0.481. The van der Waals surface area contributed by atoms with Gasteiger partial charge in [0.05, 0.1) is 42.4 Å². The Bertz CT molecular complexity index is 1170. The molecule has 0 aliphatic carbocycles. The molecule has 2 aromatic carbocycles. The third-order valence-electron chi connectivity index (χ3n) is 7.64. The molecule has 2 aromatic rings. The Balaban J connectivity index is 1.61. The predicted octanol–water partition coefficient (Wildman–Crippen LogP) is 4.61. The maximum atomic E-state index is 13.4. The number of rotatable bonds is 7. The Labute approximate surface area is 220 Å². The first-order valence-corrected chi connectivity index (χ1v) is 12.4. The van der Waals surface area contributed by atoms with Gasteiger partial charge in [-0.05, 0) is 49.1 Å². The Kier molecular flexibility index (Phi) is 7.85. The third-order valence-corrected chi connectivity index (χ3v) is 7.64. The minimum Gasteiger partial charge on any atom is -0.395 e. The number of benzene rings is 2. The van der Waals surface area contributed by atoms with Gasteiger partial charge >= 0.3 is 12.4 Å². The number of hydrogen-bond acceptors (Lipinski definition) is 5. The number of halogens is 6. The molecule has 0 aromatic heterocycles.